The van der Waals surface area contributed by atoms with Gasteiger partial charge in [-0.25, -0.2) is 0 Å². The van der Waals surface area contributed by atoms with E-state index in [0.29, 0.717) is 0 Å². The summed E-state index contributed by atoms with van der Waals surface area (Å²) < 4.78 is 0. The van der Waals surface area contributed by atoms with Gasteiger partial charge in [0.2, 0.25) is 0 Å². The van der Waals surface area contributed by atoms with E-state index in [1.165, 1.54) is 0 Å². The van der Waals surface area contributed by atoms with Gasteiger partial charge in [0.05, 0.1) is 0 Å². The lowest BCUT2D eigenvalue weighted by molar-refractivity contribution is 0.355. The first kappa shape index (κ1) is 8.91. The molecule has 0 N–H and O–H groups in total. The van der Waals surface area contributed by atoms with E-state index in [2.05, 4.69) is 18.7 Å². The Labute approximate surface area is 73.4 Å². The molecule has 0 saturated carbocycles. The summed E-state index contributed by atoms with van der Waals surface area (Å²) in [5, 5.41) is 11.0. The Bertz CT molecular complexity index is 243. The summed E-state index contributed by atoms with van der Waals surface area (Å²) >= 11 is 0. The van der Waals surface area contributed by atoms with Crippen molar-refractivity contribution >= 4 is 5.69 Å². The summed E-state index contributed by atoms with van der Waals surface area (Å²) in [6.07, 6.45) is 0. The van der Waals surface area contributed by atoms with Crippen molar-refractivity contribution in [1.29, 1.82) is 0 Å². The second kappa shape index (κ2) is 4.00. The molecule has 0 fully saturated rings. The van der Waals surface area contributed by atoms with Crippen LogP contribution < -0.4 is 4.90 Å². The fourth-order valence-corrected chi connectivity index (χ4v) is 1.27. The number of hydrogen-bond donors (Lipinski definition) is 0. The average molecular weight is 164 g/mol. The van der Waals surface area contributed by atoms with E-state index in [1.54, 1.807) is 18.2 Å². The molecule has 2 heteroatoms. The lowest BCUT2D eigenvalue weighted by atomic mass is 10.2. The van der Waals surface area contributed by atoms with Crippen LogP contribution in [0.3, 0.4) is 0 Å². The first-order valence-corrected chi connectivity index (χ1v) is 4.30. The standard InChI is InChI=1S/C10H14NO/c1-3-11(4-2)9-6-5-7-10(12)8-9/h5-8H,3-4H2,1-2H3. The van der Waals surface area contributed by atoms with Gasteiger partial charge in [-0.3, -0.25) is 5.11 Å². The van der Waals surface area contributed by atoms with Gasteiger partial charge in [-0.1, -0.05) is 6.07 Å². The topological polar surface area (TPSA) is 23.1 Å². The van der Waals surface area contributed by atoms with Gasteiger partial charge in [0.1, 0.15) is 0 Å². The van der Waals surface area contributed by atoms with Crippen LogP contribution in [0.15, 0.2) is 24.3 Å². The molecule has 65 valence electrons. The zero-order valence-electron chi connectivity index (χ0n) is 7.58. The molecule has 0 saturated heterocycles. The maximum atomic E-state index is 11.0. The van der Waals surface area contributed by atoms with E-state index in [-0.39, 0.29) is 5.75 Å². The van der Waals surface area contributed by atoms with Gasteiger partial charge in [-0.05, 0) is 26.0 Å². The third kappa shape index (κ3) is 1.91. The Balaban J connectivity index is 2.85. The third-order valence-corrected chi connectivity index (χ3v) is 1.95. The quantitative estimate of drug-likeness (QED) is 0.673. The second-order valence-corrected chi connectivity index (χ2v) is 2.67. The maximum absolute atomic E-state index is 11.0. The maximum Gasteiger partial charge on any atom is 0.180 e. The highest BCUT2D eigenvalue weighted by Crippen LogP contribution is 2.19. The van der Waals surface area contributed by atoms with Crippen molar-refractivity contribution < 1.29 is 5.11 Å². The highest BCUT2D eigenvalue weighted by Gasteiger charge is 2.01. The molecule has 0 aliphatic rings. The first-order valence-electron chi connectivity index (χ1n) is 4.30. The smallest absolute Gasteiger partial charge is 0.180 e. The fraction of sp³-hybridized carbons (Fsp3) is 0.400. The van der Waals surface area contributed by atoms with Crippen molar-refractivity contribution in [3.8, 4) is 5.75 Å². The summed E-state index contributed by atoms with van der Waals surface area (Å²) in [6, 6.07) is 7.02. The largest absolute Gasteiger partial charge is 0.372 e. The summed E-state index contributed by atoms with van der Waals surface area (Å²) in [5.41, 5.74) is 1.02. The molecule has 1 aromatic carbocycles. The summed E-state index contributed by atoms with van der Waals surface area (Å²) in [5.74, 6) is 0.0828. The predicted octanol–water partition coefficient (Wildman–Crippen LogP) is 2.68. The van der Waals surface area contributed by atoms with Crippen molar-refractivity contribution in [2.75, 3.05) is 18.0 Å². The molecule has 0 aliphatic heterocycles. The molecule has 0 bridgehead atoms. The van der Waals surface area contributed by atoms with Crippen molar-refractivity contribution in [1.82, 2.24) is 0 Å². The highest BCUT2D eigenvalue weighted by molar-refractivity contribution is 5.49. The van der Waals surface area contributed by atoms with Gasteiger partial charge >= 0.3 is 0 Å². The van der Waals surface area contributed by atoms with Gasteiger partial charge in [-0.2, -0.15) is 0 Å². The number of hydrogen-bond acceptors (Lipinski definition) is 1. The van der Waals surface area contributed by atoms with E-state index >= 15 is 0 Å². The molecule has 0 atom stereocenters. The van der Waals surface area contributed by atoms with E-state index in [9.17, 15) is 5.11 Å². The molecule has 12 heavy (non-hydrogen) atoms. The van der Waals surface area contributed by atoms with Crippen LogP contribution in [0.4, 0.5) is 5.69 Å². The molecule has 1 rings (SSSR count). The molecule has 0 aliphatic carbocycles. The normalized spacial score (nSPS) is 9.83. The lowest BCUT2D eigenvalue weighted by Gasteiger charge is -2.20. The number of rotatable bonds is 3. The van der Waals surface area contributed by atoms with Crippen molar-refractivity contribution in [3.05, 3.63) is 24.3 Å². The molecular formula is C10H14NO. The highest BCUT2D eigenvalue weighted by atomic mass is 16.3. The summed E-state index contributed by atoms with van der Waals surface area (Å²) in [6.45, 7) is 6.06. The number of benzene rings is 1. The average Bonchev–Trinajstić information content (AvgIpc) is 2.07. The minimum absolute atomic E-state index is 0.0828. The predicted molar refractivity (Wildman–Crippen MR) is 50.1 cm³/mol. The number of nitrogens with zero attached hydrogens (tertiary/aromatic N) is 1. The van der Waals surface area contributed by atoms with Gasteiger partial charge in [0.15, 0.2) is 5.75 Å². The molecule has 1 radical (unpaired) electrons. The molecule has 0 aromatic heterocycles. The van der Waals surface area contributed by atoms with Crippen LogP contribution >= 0.6 is 0 Å². The van der Waals surface area contributed by atoms with Crippen molar-refractivity contribution in [3.63, 3.8) is 0 Å². The van der Waals surface area contributed by atoms with E-state index in [1.807, 2.05) is 6.07 Å². The lowest BCUT2D eigenvalue weighted by Crippen LogP contribution is -2.21. The Morgan fingerprint density at radius 2 is 1.92 bits per heavy atom. The van der Waals surface area contributed by atoms with Crippen molar-refractivity contribution in [2.45, 2.75) is 13.8 Å². The third-order valence-electron chi connectivity index (χ3n) is 1.95. The van der Waals surface area contributed by atoms with Crippen LogP contribution in [0.5, 0.6) is 5.75 Å². The first-order chi connectivity index (χ1) is 5.77. The van der Waals surface area contributed by atoms with Gasteiger partial charge in [0, 0.05) is 24.8 Å². The number of anilines is 1. The van der Waals surface area contributed by atoms with E-state index in [4.69, 9.17) is 0 Å². The zero-order chi connectivity index (χ0) is 8.97. The monoisotopic (exact) mass is 164 g/mol. The van der Waals surface area contributed by atoms with Gasteiger partial charge in [-0.15, -0.1) is 0 Å². The Hall–Kier alpha value is -1.18. The molecule has 2 nitrogen and oxygen atoms in total. The van der Waals surface area contributed by atoms with E-state index in [0.717, 1.165) is 18.8 Å². The van der Waals surface area contributed by atoms with Crippen LogP contribution in [0.2, 0.25) is 0 Å². The minimum Gasteiger partial charge on any atom is -0.372 e. The Kier molecular flexibility index (Phi) is 2.97. The van der Waals surface area contributed by atoms with Gasteiger partial charge in [0.25, 0.3) is 0 Å². The van der Waals surface area contributed by atoms with Crippen molar-refractivity contribution in [2.24, 2.45) is 0 Å². The van der Waals surface area contributed by atoms with Crippen LogP contribution in [0.25, 0.3) is 0 Å². The summed E-state index contributed by atoms with van der Waals surface area (Å²) in [4.78, 5) is 2.15. The fourth-order valence-electron chi connectivity index (χ4n) is 1.27. The molecule has 0 heterocycles. The minimum atomic E-state index is 0.0828. The second-order valence-electron chi connectivity index (χ2n) is 2.67. The SMILES string of the molecule is CCN(CC)c1cccc([O])c1. The van der Waals surface area contributed by atoms with Crippen LogP contribution in [-0.4, -0.2) is 13.1 Å². The molecular weight excluding hydrogens is 150 g/mol. The molecule has 0 amide bonds. The Morgan fingerprint density at radius 1 is 1.25 bits per heavy atom. The molecule has 0 spiro atoms. The van der Waals surface area contributed by atoms with Gasteiger partial charge < -0.3 is 4.90 Å². The Morgan fingerprint density at radius 3 is 2.42 bits per heavy atom. The van der Waals surface area contributed by atoms with Crippen LogP contribution in [-0.2, 0) is 5.11 Å². The molecule has 1 aromatic rings. The van der Waals surface area contributed by atoms with E-state index < -0.39 is 0 Å². The molecule has 0 unspecified atom stereocenters. The van der Waals surface area contributed by atoms with Crippen LogP contribution in [0.1, 0.15) is 13.8 Å². The summed E-state index contributed by atoms with van der Waals surface area (Å²) in [7, 11) is 0. The van der Waals surface area contributed by atoms with Crippen LogP contribution in [0, 0.1) is 0 Å². The zero-order valence-corrected chi connectivity index (χ0v) is 7.58.